The zero-order valence-electron chi connectivity index (χ0n) is 8.15. The Kier molecular flexibility index (Phi) is 4.93. The fourth-order valence-corrected chi connectivity index (χ4v) is 1.22. The molecular formula is C11H19. The van der Waals surface area contributed by atoms with Gasteiger partial charge in [0.2, 0.25) is 0 Å². The third kappa shape index (κ3) is 5.90. The van der Waals surface area contributed by atoms with Crippen LogP contribution in [0, 0.1) is 12.8 Å². The Balaban J connectivity index is 3.88. The fourth-order valence-electron chi connectivity index (χ4n) is 1.22. The highest BCUT2D eigenvalue weighted by Gasteiger charge is 1.97. The van der Waals surface area contributed by atoms with Gasteiger partial charge in [-0.05, 0) is 40.0 Å². The van der Waals surface area contributed by atoms with E-state index in [2.05, 4.69) is 40.7 Å². The molecule has 0 fully saturated rings. The molecule has 1 radical (unpaired) electrons. The summed E-state index contributed by atoms with van der Waals surface area (Å²) in [6.07, 6.45) is 5.37. The molecule has 63 valence electrons. The molecule has 0 N–H and O–H groups in total. The lowest BCUT2D eigenvalue weighted by Crippen LogP contribution is -1.91. The van der Waals surface area contributed by atoms with Crippen LogP contribution in [0.4, 0.5) is 0 Å². The summed E-state index contributed by atoms with van der Waals surface area (Å²) < 4.78 is 0. The van der Waals surface area contributed by atoms with Crippen molar-refractivity contribution in [1.29, 1.82) is 0 Å². The monoisotopic (exact) mass is 151 g/mol. The molecular weight excluding hydrogens is 132 g/mol. The molecule has 0 aromatic heterocycles. The average molecular weight is 151 g/mol. The lowest BCUT2D eigenvalue weighted by Gasteiger charge is -2.06. The predicted octanol–water partition coefficient (Wildman–Crippen LogP) is 3.76. The molecule has 0 aromatic carbocycles. The van der Waals surface area contributed by atoms with Crippen LogP contribution in [0.1, 0.15) is 34.1 Å². The zero-order valence-corrected chi connectivity index (χ0v) is 8.15. The molecule has 0 aliphatic heterocycles. The number of hydrogen-bond donors (Lipinski definition) is 0. The normalized spacial score (nSPS) is 14.5. The lowest BCUT2D eigenvalue weighted by atomic mass is 10.0. The summed E-state index contributed by atoms with van der Waals surface area (Å²) in [4.78, 5) is 0. The molecule has 0 aromatic rings. The van der Waals surface area contributed by atoms with Crippen molar-refractivity contribution in [1.82, 2.24) is 0 Å². The SMILES string of the molecule is [CH2]C=C(C)CC(C)C=C(C)C. The molecule has 0 saturated carbocycles. The van der Waals surface area contributed by atoms with Gasteiger partial charge in [-0.15, -0.1) is 0 Å². The van der Waals surface area contributed by atoms with Crippen LogP contribution in [0.3, 0.4) is 0 Å². The van der Waals surface area contributed by atoms with Crippen molar-refractivity contribution >= 4 is 0 Å². The molecule has 0 rings (SSSR count). The highest BCUT2D eigenvalue weighted by molar-refractivity contribution is 5.05. The van der Waals surface area contributed by atoms with E-state index in [1.165, 1.54) is 11.1 Å². The number of hydrogen-bond acceptors (Lipinski definition) is 0. The van der Waals surface area contributed by atoms with Gasteiger partial charge in [0, 0.05) is 0 Å². The fraction of sp³-hybridized carbons (Fsp3) is 0.545. The molecule has 11 heavy (non-hydrogen) atoms. The minimum atomic E-state index is 0.651. The molecule has 0 heteroatoms. The van der Waals surface area contributed by atoms with Gasteiger partial charge < -0.3 is 0 Å². The first-order valence-electron chi connectivity index (χ1n) is 4.16. The molecule has 0 amide bonds. The quantitative estimate of drug-likeness (QED) is 0.539. The number of rotatable bonds is 3. The van der Waals surface area contributed by atoms with E-state index in [9.17, 15) is 0 Å². The molecule has 0 saturated heterocycles. The molecule has 1 unspecified atom stereocenters. The van der Waals surface area contributed by atoms with Crippen LogP contribution < -0.4 is 0 Å². The van der Waals surface area contributed by atoms with Crippen molar-refractivity contribution in [3.63, 3.8) is 0 Å². The zero-order chi connectivity index (χ0) is 8.85. The van der Waals surface area contributed by atoms with Crippen molar-refractivity contribution in [3.8, 4) is 0 Å². The molecule has 0 spiro atoms. The maximum atomic E-state index is 3.74. The Morgan fingerprint density at radius 2 is 1.91 bits per heavy atom. The smallest absolute Gasteiger partial charge is 0.0222 e. The summed E-state index contributed by atoms with van der Waals surface area (Å²) in [5.74, 6) is 0.651. The standard InChI is InChI=1S/C11H19/c1-6-10(4)8-11(5)7-9(2)3/h6-7,11H,1,8H2,2-5H3. The molecule has 0 heterocycles. The summed E-state index contributed by atoms with van der Waals surface area (Å²) in [5, 5.41) is 0. The lowest BCUT2D eigenvalue weighted by molar-refractivity contribution is 0.710. The Morgan fingerprint density at radius 3 is 2.27 bits per heavy atom. The van der Waals surface area contributed by atoms with E-state index in [1.54, 1.807) is 0 Å². The van der Waals surface area contributed by atoms with E-state index in [0.717, 1.165) is 6.42 Å². The molecule has 0 bridgehead atoms. The van der Waals surface area contributed by atoms with Crippen molar-refractivity contribution in [3.05, 3.63) is 30.2 Å². The third-order valence-corrected chi connectivity index (χ3v) is 1.61. The van der Waals surface area contributed by atoms with Crippen molar-refractivity contribution < 1.29 is 0 Å². The van der Waals surface area contributed by atoms with Crippen molar-refractivity contribution in [2.45, 2.75) is 34.1 Å². The topological polar surface area (TPSA) is 0 Å². The van der Waals surface area contributed by atoms with Crippen LogP contribution in [0.5, 0.6) is 0 Å². The van der Waals surface area contributed by atoms with Crippen LogP contribution in [-0.2, 0) is 0 Å². The maximum Gasteiger partial charge on any atom is -0.0222 e. The second kappa shape index (κ2) is 5.17. The molecule has 0 aliphatic rings. The first kappa shape index (κ1) is 10.5. The minimum absolute atomic E-state index is 0.651. The summed E-state index contributed by atoms with van der Waals surface area (Å²) in [6, 6.07) is 0. The van der Waals surface area contributed by atoms with Crippen LogP contribution in [0.2, 0.25) is 0 Å². The van der Waals surface area contributed by atoms with Crippen molar-refractivity contribution in [2.24, 2.45) is 5.92 Å². The van der Waals surface area contributed by atoms with Gasteiger partial charge in [-0.2, -0.15) is 0 Å². The average Bonchev–Trinajstić information content (AvgIpc) is 1.85. The Morgan fingerprint density at radius 1 is 1.36 bits per heavy atom. The largest absolute Gasteiger partial charge is 0.0853 e. The van der Waals surface area contributed by atoms with E-state index in [4.69, 9.17) is 0 Å². The van der Waals surface area contributed by atoms with E-state index in [-0.39, 0.29) is 0 Å². The van der Waals surface area contributed by atoms with Crippen LogP contribution in [0.15, 0.2) is 23.3 Å². The second-order valence-electron chi connectivity index (χ2n) is 3.48. The van der Waals surface area contributed by atoms with E-state index in [1.807, 2.05) is 6.08 Å². The van der Waals surface area contributed by atoms with Gasteiger partial charge in [-0.1, -0.05) is 30.2 Å². The van der Waals surface area contributed by atoms with Gasteiger partial charge >= 0.3 is 0 Å². The first-order chi connectivity index (χ1) is 5.06. The van der Waals surface area contributed by atoms with Crippen molar-refractivity contribution in [2.75, 3.05) is 0 Å². The van der Waals surface area contributed by atoms with Gasteiger partial charge in [-0.25, -0.2) is 0 Å². The molecule has 0 aliphatic carbocycles. The summed E-state index contributed by atoms with van der Waals surface area (Å²) in [7, 11) is 0. The molecule has 0 nitrogen and oxygen atoms in total. The second-order valence-corrected chi connectivity index (χ2v) is 3.48. The summed E-state index contributed by atoms with van der Waals surface area (Å²) in [6.45, 7) is 12.4. The van der Waals surface area contributed by atoms with Gasteiger partial charge in [0.25, 0.3) is 0 Å². The van der Waals surface area contributed by atoms with Crippen LogP contribution >= 0.6 is 0 Å². The van der Waals surface area contributed by atoms with Crippen LogP contribution in [0.25, 0.3) is 0 Å². The Bertz CT molecular complexity index is 157. The summed E-state index contributed by atoms with van der Waals surface area (Å²) in [5.41, 5.74) is 2.77. The Labute approximate surface area is 71.0 Å². The van der Waals surface area contributed by atoms with E-state index < -0.39 is 0 Å². The van der Waals surface area contributed by atoms with E-state index >= 15 is 0 Å². The van der Waals surface area contributed by atoms with Gasteiger partial charge in [0.1, 0.15) is 0 Å². The number of allylic oxidation sites excluding steroid dienone is 4. The predicted molar refractivity (Wildman–Crippen MR) is 52.3 cm³/mol. The molecule has 1 atom stereocenters. The highest BCUT2D eigenvalue weighted by atomic mass is 14.0. The minimum Gasteiger partial charge on any atom is -0.0853 e. The Hall–Kier alpha value is -0.520. The third-order valence-electron chi connectivity index (χ3n) is 1.61. The maximum absolute atomic E-state index is 3.74. The van der Waals surface area contributed by atoms with Gasteiger partial charge in [0.05, 0.1) is 0 Å². The van der Waals surface area contributed by atoms with Crippen LogP contribution in [-0.4, -0.2) is 0 Å². The van der Waals surface area contributed by atoms with Gasteiger partial charge in [-0.3, -0.25) is 0 Å². The van der Waals surface area contributed by atoms with Gasteiger partial charge in [0.15, 0.2) is 0 Å². The first-order valence-corrected chi connectivity index (χ1v) is 4.16. The summed E-state index contributed by atoms with van der Waals surface area (Å²) >= 11 is 0. The highest BCUT2D eigenvalue weighted by Crippen LogP contribution is 2.13. The van der Waals surface area contributed by atoms with E-state index in [0.29, 0.717) is 5.92 Å².